The molecule has 0 aromatic heterocycles. The van der Waals surface area contributed by atoms with Crippen molar-refractivity contribution in [2.24, 2.45) is 11.7 Å². The minimum absolute atomic E-state index is 0.0497. The molecule has 4 unspecified atom stereocenters. The number of aliphatic carboxylic acids is 3. The molecule has 0 aliphatic rings. The summed E-state index contributed by atoms with van der Waals surface area (Å²) in [5.41, 5.74) is 5.47. The van der Waals surface area contributed by atoms with Crippen LogP contribution in [0.3, 0.4) is 0 Å². The first kappa shape index (κ1) is 28.1. The summed E-state index contributed by atoms with van der Waals surface area (Å²) in [6.07, 6.45) is -1.73. The van der Waals surface area contributed by atoms with Crippen LogP contribution in [-0.2, 0) is 28.8 Å². The molecule has 0 rings (SSSR count). The highest BCUT2D eigenvalue weighted by Crippen LogP contribution is 2.06. The van der Waals surface area contributed by atoms with E-state index in [1.807, 2.05) is 0 Å². The quantitative estimate of drug-likeness (QED) is 0.129. The minimum Gasteiger partial charge on any atom is -0.481 e. The van der Waals surface area contributed by atoms with E-state index in [1.165, 1.54) is 0 Å². The Labute approximate surface area is 183 Å². The van der Waals surface area contributed by atoms with Crippen LogP contribution in [-0.4, -0.2) is 80.9 Å². The summed E-state index contributed by atoms with van der Waals surface area (Å²) < 4.78 is 0. The first-order valence-corrected chi connectivity index (χ1v) is 9.85. The maximum absolute atomic E-state index is 12.5. The van der Waals surface area contributed by atoms with Gasteiger partial charge in [0.15, 0.2) is 0 Å². The first-order chi connectivity index (χ1) is 14.3. The van der Waals surface area contributed by atoms with Gasteiger partial charge < -0.3 is 37.0 Å². The summed E-state index contributed by atoms with van der Waals surface area (Å²) in [7, 11) is 0. The largest absolute Gasteiger partial charge is 0.481 e. The van der Waals surface area contributed by atoms with Crippen molar-refractivity contribution >= 4 is 48.3 Å². The van der Waals surface area contributed by atoms with E-state index in [-0.39, 0.29) is 18.1 Å². The average Bonchev–Trinajstić information content (AvgIpc) is 2.64. The first-order valence-electron chi connectivity index (χ1n) is 9.22. The van der Waals surface area contributed by atoms with Gasteiger partial charge >= 0.3 is 17.9 Å². The number of carboxylic acids is 3. The summed E-state index contributed by atoms with van der Waals surface area (Å²) in [5, 5.41) is 33.5. The van der Waals surface area contributed by atoms with Gasteiger partial charge in [-0.3, -0.25) is 24.0 Å². The van der Waals surface area contributed by atoms with E-state index < -0.39 is 72.6 Å². The van der Waals surface area contributed by atoms with Crippen LogP contribution in [0.1, 0.15) is 33.1 Å². The maximum Gasteiger partial charge on any atom is 0.326 e. The third-order valence-corrected chi connectivity index (χ3v) is 4.27. The molecule has 4 atom stereocenters. The molecule has 14 heteroatoms. The van der Waals surface area contributed by atoms with E-state index in [1.54, 1.807) is 13.8 Å². The summed E-state index contributed by atoms with van der Waals surface area (Å²) >= 11 is 3.82. The second-order valence-electron chi connectivity index (χ2n) is 7.14. The van der Waals surface area contributed by atoms with Gasteiger partial charge in [-0.1, -0.05) is 13.8 Å². The highest BCUT2D eigenvalue weighted by atomic mass is 32.1. The lowest BCUT2D eigenvalue weighted by Gasteiger charge is -2.24. The van der Waals surface area contributed by atoms with Crippen LogP contribution in [0.4, 0.5) is 0 Å². The van der Waals surface area contributed by atoms with Crippen molar-refractivity contribution in [2.45, 2.75) is 57.3 Å². The number of nitrogens with one attached hydrogen (secondary N) is 3. The molecular formula is C17H28N4O9S. The lowest BCUT2D eigenvalue weighted by molar-refractivity contribution is -0.145. The van der Waals surface area contributed by atoms with E-state index in [2.05, 4.69) is 28.6 Å². The van der Waals surface area contributed by atoms with Crippen LogP contribution in [0.5, 0.6) is 0 Å². The standard InChI is InChI=1S/C17H28N4O9S/c1-7(2)3-11(17(29)30)21-16(28)10(5-13(24)25)20-15(27)9(4-12(22)23)19-14(26)8(18)6-31/h7-11,31H,3-6,18H2,1-2H3,(H,19,26)(H,20,27)(H,21,28)(H,22,23)(H,24,25)(H,29,30). The molecule has 0 radical (unpaired) electrons. The smallest absolute Gasteiger partial charge is 0.326 e. The molecule has 0 aromatic carbocycles. The van der Waals surface area contributed by atoms with Crippen LogP contribution in [0.15, 0.2) is 0 Å². The molecule has 0 saturated heterocycles. The molecule has 0 heterocycles. The van der Waals surface area contributed by atoms with Crippen LogP contribution in [0.25, 0.3) is 0 Å². The summed E-state index contributed by atoms with van der Waals surface area (Å²) in [6, 6.07) is -5.85. The molecule has 13 nitrogen and oxygen atoms in total. The van der Waals surface area contributed by atoms with E-state index in [0.717, 1.165) is 0 Å². The number of carbonyl (C=O) groups is 6. The van der Waals surface area contributed by atoms with Crippen molar-refractivity contribution in [3.05, 3.63) is 0 Å². The Bertz CT molecular complexity index is 701. The number of hydrogen-bond donors (Lipinski definition) is 8. The van der Waals surface area contributed by atoms with Crippen LogP contribution in [0, 0.1) is 5.92 Å². The molecule has 3 amide bonds. The van der Waals surface area contributed by atoms with Gasteiger partial charge in [0.2, 0.25) is 17.7 Å². The Balaban J connectivity index is 5.51. The zero-order valence-electron chi connectivity index (χ0n) is 17.0. The van der Waals surface area contributed by atoms with Gasteiger partial charge in [0.05, 0.1) is 18.9 Å². The minimum atomic E-state index is -1.72. The molecule has 176 valence electrons. The fourth-order valence-electron chi connectivity index (χ4n) is 2.37. The van der Waals surface area contributed by atoms with Crippen molar-refractivity contribution in [1.29, 1.82) is 0 Å². The summed E-state index contributed by atoms with van der Waals surface area (Å²) in [4.78, 5) is 70.3. The summed E-state index contributed by atoms with van der Waals surface area (Å²) in [6.45, 7) is 3.43. The molecule has 0 aliphatic heterocycles. The van der Waals surface area contributed by atoms with Gasteiger partial charge in [-0.05, 0) is 12.3 Å². The zero-order valence-corrected chi connectivity index (χ0v) is 17.9. The Morgan fingerprint density at radius 2 is 1.16 bits per heavy atom. The average molecular weight is 464 g/mol. The number of nitrogens with two attached hydrogens (primary N) is 1. The van der Waals surface area contributed by atoms with E-state index in [0.29, 0.717) is 0 Å². The van der Waals surface area contributed by atoms with Gasteiger partial charge in [-0.2, -0.15) is 12.6 Å². The van der Waals surface area contributed by atoms with Crippen molar-refractivity contribution in [2.75, 3.05) is 5.75 Å². The normalized spacial score (nSPS) is 14.6. The van der Waals surface area contributed by atoms with Gasteiger partial charge in [0.25, 0.3) is 0 Å². The Morgan fingerprint density at radius 1 is 0.774 bits per heavy atom. The molecule has 0 aliphatic carbocycles. The molecule has 31 heavy (non-hydrogen) atoms. The number of rotatable bonds is 14. The van der Waals surface area contributed by atoms with Crippen LogP contribution in [0.2, 0.25) is 0 Å². The van der Waals surface area contributed by atoms with E-state index >= 15 is 0 Å². The third-order valence-electron chi connectivity index (χ3n) is 3.88. The molecule has 0 bridgehead atoms. The number of carbonyl (C=O) groups excluding carboxylic acids is 3. The van der Waals surface area contributed by atoms with Gasteiger partial charge in [-0.15, -0.1) is 0 Å². The van der Waals surface area contributed by atoms with Crippen molar-refractivity contribution in [3.63, 3.8) is 0 Å². The molecule has 0 spiro atoms. The predicted molar refractivity (Wildman–Crippen MR) is 109 cm³/mol. The number of hydrogen-bond acceptors (Lipinski definition) is 8. The summed E-state index contributed by atoms with van der Waals surface area (Å²) in [5.74, 6) is -7.61. The highest BCUT2D eigenvalue weighted by Gasteiger charge is 2.32. The predicted octanol–water partition coefficient (Wildman–Crippen LogP) is -2.22. The topological polar surface area (TPSA) is 225 Å². The number of carboxylic acid groups (broad SMARTS) is 3. The van der Waals surface area contributed by atoms with Gasteiger partial charge in [0, 0.05) is 5.75 Å². The fourth-order valence-corrected chi connectivity index (χ4v) is 2.53. The number of thiol groups is 1. The van der Waals surface area contributed by atoms with Crippen molar-refractivity contribution < 1.29 is 44.1 Å². The monoisotopic (exact) mass is 464 g/mol. The SMILES string of the molecule is CC(C)CC(NC(=O)C(CC(=O)O)NC(=O)C(CC(=O)O)NC(=O)C(N)CS)C(=O)O. The van der Waals surface area contributed by atoms with Crippen LogP contribution >= 0.6 is 12.6 Å². The Kier molecular flexibility index (Phi) is 12.2. The highest BCUT2D eigenvalue weighted by molar-refractivity contribution is 7.80. The maximum atomic E-state index is 12.5. The van der Waals surface area contributed by atoms with Crippen molar-refractivity contribution in [3.8, 4) is 0 Å². The second-order valence-corrected chi connectivity index (χ2v) is 7.50. The molecule has 0 aromatic rings. The lowest BCUT2D eigenvalue weighted by Crippen LogP contribution is -2.58. The second kappa shape index (κ2) is 13.4. The van der Waals surface area contributed by atoms with Gasteiger partial charge in [0.1, 0.15) is 18.1 Å². The molecular weight excluding hydrogens is 436 g/mol. The molecule has 0 fully saturated rings. The molecule has 8 N–H and O–H groups in total. The van der Waals surface area contributed by atoms with E-state index in [9.17, 15) is 33.9 Å². The zero-order chi connectivity index (χ0) is 24.3. The molecule has 0 saturated carbocycles. The third kappa shape index (κ3) is 11.2. The number of amides is 3. The van der Waals surface area contributed by atoms with Gasteiger partial charge in [-0.25, -0.2) is 4.79 Å². The van der Waals surface area contributed by atoms with Crippen molar-refractivity contribution in [1.82, 2.24) is 16.0 Å². The Morgan fingerprint density at radius 3 is 1.48 bits per heavy atom. The van der Waals surface area contributed by atoms with E-state index in [4.69, 9.17) is 15.9 Å². The Hall–Kier alpha value is -2.87. The lowest BCUT2D eigenvalue weighted by atomic mass is 10.0. The van der Waals surface area contributed by atoms with Crippen LogP contribution < -0.4 is 21.7 Å². The fraction of sp³-hybridized carbons (Fsp3) is 0.647.